The first-order valence-electron chi connectivity index (χ1n) is 14.1. The van der Waals surface area contributed by atoms with Gasteiger partial charge in [-0.2, -0.15) is 0 Å². The van der Waals surface area contributed by atoms with Crippen LogP contribution in [0.1, 0.15) is 99.8 Å². The van der Waals surface area contributed by atoms with Crippen LogP contribution in [-0.4, -0.2) is 85.3 Å². The van der Waals surface area contributed by atoms with Crippen molar-refractivity contribution in [3.8, 4) is 0 Å². The predicted molar refractivity (Wildman–Crippen MR) is 153 cm³/mol. The molecule has 1 N–H and O–H groups in total. The van der Waals surface area contributed by atoms with Crippen LogP contribution in [0.25, 0.3) is 0 Å². The first-order chi connectivity index (χ1) is 17.6. The lowest BCUT2D eigenvalue weighted by molar-refractivity contribution is -0.0695. The summed E-state index contributed by atoms with van der Waals surface area (Å²) in [6, 6.07) is 0. The summed E-state index contributed by atoms with van der Waals surface area (Å²) in [5, 5.41) is 9.39. The molecular weight excluding hydrogens is 544 g/mol. The molecule has 4 rings (SSSR count). The fraction of sp³-hybridized carbons (Fsp3) is 0.929. The molecule has 2 saturated heterocycles. The lowest BCUT2D eigenvalue weighted by Gasteiger charge is -2.51. The SMILES string of the molecule is CC(C)(C)OC(=O)N1CCC2(CC1)CC(O)C2.CC1CC2(CCN(C(=O)OC(C)(C)C)CC2)C1.CS(=O)(=O)Cl. The highest BCUT2D eigenvalue weighted by Crippen LogP contribution is 2.52. The molecule has 4 aliphatic rings. The molecule has 39 heavy (non-hydrogen) atoms. The Morgan fingerprint density at radius 2 is 1.05 bits per heavy atom. The summed E-state index contributed by atoms with van der Waals surface area (Å²) < 4.78 is 29.6. The Morgan fingerprint density at radius 1 is 0.769 bits per heavy atom. The normalized spacial score (nSPS) is 24.3. The highest BCUT2D eigenvalue weighted by Gasteiger charge is 2.46. The molecular formula is C28H51ClN2O7S. The molecule has 2 saturated carbocycles. The van der Waals surface area contributed by atoms with E-state index in [4.69, 9.17) is 9.47 Å². The third kappa shape index (κ3) is 12.0. The number of carbonyl (C=O) groups is 2. The van der Waals surface area contributed by atoms with Gasteiger partial charge < -0.3 is 24.4 Å². The van der Waals surface area contributed by atoms with Crippen molar-refractivity contribution in [2.24, 2.45) is 16.7 Å². The number of carbonyl (C=O) groups excluding carboxylic acids is 2. The van der Waals surface area contributed by atoms with E-state index in [0.29, 0.717) is 10.8 Å². The standard InChI is InChI=1S/C14H25NO2.C13H23NO3.CH3ClO2S/c1-11-9-14(10-11)5-7-15(8-6-14)12(16)17-13(2,3)4;1-12(2,3)17-11(16)14-6-4-13(5-7-14)8-10(15)9-13;1-5(2,3)4/h11H,5-10H2,1-4H3;10,15H,4-9H2,1-3H3;1H3. The van der Waals surface area contributed by atoms with E-state index in [1.54, 1.807) is 4.90 Å². The molecule has 2 spiro atoms. The van der Waals surface area contributed by atoms with Crippen LogP contribution < -0.4 is 0 Å². The van der Waals surface area contributed by atoms with Crippen molar-refractivity contribution in [1.82, 2.24) is 9.80 Å². The summed E-state index contributed by atoms with van der Waals surface area (Å²) in [5.41, 5.74) is 0.0892. The molecule has 0 atom stereocenters. The van der Waals surface area contributed by atoms with Crippen molar-refractivity contribution in [3.05, 3.63) is 0 Å². The quantitative estimate of drug-likeness (QED) is 0.354. The third-order valence-electron chi connectivity index (χ3n) is 7.85. The number of ether oxygens (including phenoxy) is 2. The fourth-order valence-electron chi connectivity index (χ4n) is 6.16. The number of aliphatic hydroxyl groups is 1. The number of amides is 2. The molecule has 2 heterocycles. The summed E-state index contributed by atoms with van der Waals surface area (Å²) >= 11 is 0. The Bertz CT molecular complexity index is 856. The van der Waals surface area contributed by atoms with Crippen molar-refractivity contribution in [3.63, 3.8) is 0 Å². The van der Waals surface area contributed by atoms with Gasteiger partial charge in [0.25, 0.3) is 0 Å². The number of rotatable bonds is 0. The topological polar surface area (TPSA) is 113 Å². The van der Waals surface area contributed by atoms with Crippen molar-refractivity contribution in [1.29, 1.82) is 0 Å². The molecule has 2 amide bonds. The Kier molecular flexibility index (Phi) is 11.1. The molecule has 4 fully saturated rings. The average Bonchev–Trinajstić information content (AvgIpc) is 2.69. The lowest BCUT2D eigenvalue weighted by atomic mass is 9.58. The minimum Gasteiger partial charge on any atom is -0.444 e. The minimum absolute atomic E-state index is 0.108. The van der Waals surface area contributed by atoms with Gasteiger partial charge in [-0.1, -0.05) is 6.92 Å². The summed E-state index contributed by atoms with van der Waals surface area (Å²) in [6.07, 6.45) is 9.35. The summed E-state index contributed by atoms with van der Waals surface area (Å²) in [6.45, 7) is 17.0. The summed E-state index contributed by atoms with van der Waals surface area (Å²) in [4.78, 5) is 27.4. The molecule has 0 radical (unpaired) electrons. The number of piperidine rings is 2. The predicted octanol–water partition coefficient (Wildman–Crippen LogP) is 5.78. The van der Waals surface area contributed by atoms with Gasteiger partial charge in [0.05, 0.1) is 12.4 Å². The number of nitrogens with zero attached hydrogens (tertiary/aromatic N) is 2. The molecule has 0 aromatic carbocycles. The zero-order valence-electron chi connectivity index (χ0n) is 25.2. The van der Waals surface area contributed by atoms with E-state index in [1.807, 2.05) is 46.4 Å². The highest BCUT2D eigenvalue weighted by molar-refractivity contribution is 8.13. The van der Waals surface area contributed by atoms with Gasteiger partial charge in [0.1, 0.15) is 11.2 Å². The number of likely N-dealkylation sites (tertiary alicyclic amines) is 2. The van der Waals surface area contributed by atoms with Gasteiger partial charge in [0.15, 0.2) is 0 Å². The van der Waals surface area contributed by atoms with Gasteiger partial charge in [-0.25, -0.2) is 18.0 Å². The van der Waals surface area contributed by atoms with Gasteiger partial charge in [-0.3, -0.25) is 0 Å². The second-order valence-corrected chi connectivity index (χ2v) is 17.2. The molecule has 0 bridgehead atoms. The van der Waals surface area contributed by atoms with Crippen LogP contribution in [0.2, 0.25) is 0 Å². The van der Waals surface area contributed by atoms with Gasteiger partial charge in [0, 0.05) is 36.9 Å². The van der Waals surface area contributed by atoms with Crippen molar-refractivity contribution >= 4 is 31.9 Å². The van der Waals surface area contributed by atoms with Crippen LogP contribution >= 0.6 is 10.7 Å². The van der Waals surface area contributed by atoms with E-state index in [9.17, 15) is 23.1 Å². The van der Waals surface area contributed by atoms with Gasteiger partial charge in [-0.15, -0.1) is 0 Å². The molecule has 0 unspecified atom stereocenters. The van der Waals surface area contributed by atoms with E-state index < -0.39 is 14.7 Å². The maximum atomic E-state index is 11.9. The molecule has 2 aliphatic carbocycles. The highest BCUT2D eigenvalue weighted by atomic mass is 35.7. The van der Waals surface area contributed by atoms with Crippen molar-refractivity contribution < 1.29 is 32.6 Å². The van der Waals surface area contributed by atoms with Crippen molar-refractivity contribution in [2.45, 2.75) is 117 Å². The molecule has 11 heteroatoms. The van der Waals surface area contributed by atoms with E-state index in [1.165, 1.54) is 12.8 Å². The van der Waals surface area contributed by atoms with E-state index in [0.717, 1.165) is 76.9 Å². The second-order valence-electron chi connectivity index (χ2n) is 14.2. The van der Waals surface area contributed by atoms with Gasteiger partial charge >= 0.3 is 12.2 Å². The first kappa shape index (κ1) is 33.9. The Labute approximate surface area is 240 Å². The van der Waals surface area contributed by atoms with Crippen LogP contribution in [0.5, 0.6) is 0 Å². The Morgan fingerprint density at radius 3 is 1.28 bits per heavy atom. The molecule has 0 aromatic heterocycles. The first-order valence-corrected chi connectivity index (χ1v) is 16.8. The zero-order chi connectivity index (χ0) is 29.9. The third-order valence-corrected chi connectivity index (χ3v) is 7.85. The average molecular weight is 595 g/mol. The maximum Gasteiger partial charge on any atom is 0.410 e. The Hall–Kier alpha value is -1.26. The maximum absolute atomic E-state index is 11.9. The minimum atomic E-state index is -3.19. The van der Waals surface area contributed by atoms with Crippen LogP contribution in [0, 0.1) is 16.7 Å². The number of hydrogen-bond acceptors (Lipinski definition) is 7. The summed E-state index contributed by atoms with van der Waals surface area (Å²) in [7, 11) is 1.31. The fourth-order valence-corrected chi connectivity index (χ4v) is 6.16. The van der Waals surface area contributed by atoms with Crippen LogP contribution in [0.3, 0.4) is 0 Å². The van der Waals surface area contributed by atoms with Gasteiger partial charge in [-0.05, 0) is 110 Å². The molecule has 0 aromatic rings. The monoisotopic (exact) mass is 594 g/mol. The second kappa shape index (κ2) is 12.7. The lowest BCUT2D eigenvalue weighted by Crippen LogP contribution is -2.51. The Balaban J connectivity index is 0.000000234. The van der Waals surface area contributed by atoms with Crippen LogP contribution in [-0.2, 0) is 18.5 Å². The number of hydrogen-bond donors (Lipinski definition) is 1. The molecule has 228 valence electrons. The summed E-state index contributed by atoms with van der Waals surface area (Å²) in [5.74, 6) is 0.892. The largest absolute Gasteiger partial charge is 0.444 e. The van der Waals surface area contributed by atoms with E-state index >= 15 is 0 Å². The number of aliphatic hydroxyl groups excluding tert-OH is 1. The molecule has 2 aliphatic heterocycles. The van der Waals surface area contributed by atoms with Crippen molar-refractivity contribution in [2.75, 3.05) is 32.4 Å². The van der Waals surface area contributed by atoms with Crippen LogP contribution in [0.4, 0.5) is 9.59 Å². The zero-order valence-corrected chi connectivity index (χ0v) is 26.8. The number of halogens is 1. The van der Waals surface area contributed by atoms with Gasteiger partial charge in [0.2, 0.25) is 9.05 Å². The molecule has 9 nitrogen and oxygen atoms in total. The van der Waals surface area contributed by atoms with E-state index in [2.05, 4.69) is 17.6 Å². The smallest absolute Gasteiger partial charge is 0.410 e. The van der Waals surface area contributed by atoms with E-state index in [-0.39, 0.29) is 23.9 Å². The van der Waals surface area contributed by atoms with Crippen LogP contribution in [0.15, 0.2) is 0 Å².